The Balaban J connectivity index is 3.09. The lowest BCUT2D eigenvalue weighted by atomic mass is 10.1. The van der Waals surface area contributed by atoms with Crippen LogP contribution < -0.4 is 5.32 Å². The number of hydrogen-bond acceptors (Lipinski definition) is 3. The molecule has 14 heavy (non-hydrogen) atoms. The largest absolute Gasteiger partial charge is 0.507 e. The standard InChI is InChI=1S/C9H9BrFNO2/c1-12-4-9(14)5-2-6(10)7(11)3-8(5)13/h2-3,12-13H,4H2,1H3. The van der Waals surface area contributed by atoms with Gasteiger partial charge >= 0.3 is 0 Å². The zero-order valence-electron chi connectivity index (χ0n) is 7.47. The van der Waals surface area contributed by atoms with E-state index < -0.39 is 5.82 Å². The van der Waals surface area contributed by atoms with Crippen molar-refractivity contribution in [3.05, 3.63) is 28.0 Å². The Kier molecular flexibility index (Phi) is 3.60. The summed E-state index contributed by atoms with van der Waals surface area (Å²) in [5.41, 5.74) is 0.104. The number of ketones is 1. The van der Waals surface area contributed by atoms with Gasteiger partial charge in [0.15, 0.2) is 5.78 Å². The number of carbonyl (C=O) groups is 1. The first-order valence-electron chi connectivity index (χ1n) is 3.92. The van der Waals surface area contributed by atoms with Gasteiger partial charge in [-0.2, -0.15) is 0 Å². The third-order valence-electron chi connectivity index (χ3n) is 1.68. The Morgan fingerprint density at radius 3 is 2.86 bits per heavy atom. The lowest BCUT2D eigenvalue weighted by molar-refractivity contribution is 0.0991. The molecule has 1 aromatic rings. The van der Waals surface area contributed by atoms with Crippen molar-refractivity contribution in [1.29, 1.82) is 0 Å². The molecule has 0 atom stereocenters. The van der Waals surface area contributed by atoms with Gasteiger partial charge in [-0.05, 0) is 29.0 Å². The summed E-state index contributed by atoms with van der Waals surface area (Å²) < 4.78 is 13.0. The van der Waals surface area contributed by atoms with E-state index in [1.54, 1.807) is 7.05 Å². The summed E-state index contributed by atoms with van der Waals surface area (Å²) >= 11 is 2.94. The van der Waals surface area contributed by atoms with E-state index in [0.29, 0.717) is 0 Å². The van der Waals surface area contributed by atoms with Crippen molar-refractivity contribution in [2.24, 2.45) is 0 Å². The molecule has 0 saturated heterocycles. The van der Waals surface area contributed by atoms with E-state index in [2.05, 4.69) is 21.2 Å². The first-order valence-corrected chi connectivity index (χ1v) is 4.71. The molecule has 0 aliphatic carbocycles. The minimum atomic E-state index is -0.594. The van der Waals surface area contributed by atoms with Gasteiger partial charge in [0.25, 0.3) is 0 Å². The number of halogens is 2. The summed E-state index contributed by atoms with van der Waals surface area (Å²) in [6.45, 7) is 0.103. The summed E-state index contributed by atoms with van der Waals surface area (Å²) in [6.07, 6.45) is 0. The van der Waals surface area contributed by atoms with Gasteiger partial charge in [-0.15, -0.1) is 0 Å². The predicted octanol–water partition coefficient (Wildman–Crippen LogP) is 1.70. The number of carbonyl (C=O) groups excluding carboxylic acids is 1. The van der Waals surface area contributed by atoms with Crippen LogP contribution in [0, 0.1) is 5.82 Å². The fourth-order valence-electron chi connectivity index (χ4n) is 1.02. The number of phenolic OH excluding ortho intramolecular Hbond substituents is 1. The maximum absolute atomic E-state index is 12.9. The van der Waals surface area contributed by atoms with E-state index in [0.717, 1.165) is 6.07 Å². The highest BCUT2D eigenvalue weighted by molar-refractivity contribution is 9.10. The Labute approximate surface area is 89.1 Å². The van der Waals surface area contributed by atoms with Crippen LogP contribution in [0.4, 0.5) is 4.39 Å². The Bertz CT molecular complexity index is 368. The van der Waals surface area contributed by atoms with E-state index in [-0.39, 0.29) is 28.1 Å². The van der Waals surface area contributed by atoms with Crippen LogP contribution in [0.5, 0.6) is 5.75 Å². The molecule has 0 fully saturated rings. The van der Waals surface area contributed by atoms with Crippen molar-refractivity contribution >= 4 is 21.7 Å². The van der Waals surface area contributed by atoms with E-state index in [9.17, 15) is 14.3 Å². The summed E-state index contributed by atoms with van der Waals surface area (Å²) in [5, 5.41) is 12.0. The van der Waals surface area contributed by atoms with Gasteiger partial charge in [-0.1, -0.05) is 0 Å². The molecule has 1 aromatic carbocycles. The molecule has 0 aromatic heterocycles. The molecule has 0 aliphatic heterocycles. The van der Waals surface area contributed by atoms with Gasteiger partial charge in [0.2, 0.25) is 0 Å². The number of aromatic hydroxyl groups is 1. The number of likely N-dealkylation sites (N-methyl/N-ethyl adjacent to an activating group) is 1. The maximum atomic E-state index is 12.9. The van der Waals surface area contributed by atoms with Crippen LogP contribution in [0.2, 0.25) is 0 Å². The molecule has 0 heterocycles. The maximum Gasteiger partial charge on any atom is 0.180 e. The second kappa shape index (κ2) is 4.52. The number of hydrogen-bond donors (Lipinski definition) is 2. The van der Waals surface area contributed by atoms with Crippen molar-refractivity contribution in [2.75, 3.05) is 13.6 Å². The van der Waals surface area contributed by atoms with Gasteiger partial charge in [-0.3, -0.25) is 4.79 Å². The van der Waals surface area contributed by atoms with Crippen LogP contribution in [0.25, 0.3) is 0 Å². The highest BCUT2D eigenvalue weighted by Crippen LogP contribution is 2.25. The summed E-state index contributed by atoms with van der Waals surface area (Å²) in [6, 6.07) is 2.18. The molecule has 0 saturated carbocycles. The SMILES string of the molecule is CNCC(=O)c1cc(Br)c(F)cc1O. The summed E-state index contributed by atoms with van der Waals surface area (Å²) in [5.74, 6) is -1.22. The van der Waals surface area contributed by atoms with Crippen molar-refractivity contribution in [1.82, 2.24) is 5.32 Å². The van der Waals surface area contributed by atoms with Gasteiger partial charge in [0, 0.05) is 6.07 Å². The molecule has 0 bridgehead atoms. The van der Waals surface area contributed by atoms with Gasteiger partial charge < -0.3 is 10.4 Å². The zero-order valence-corrected chi connectivity index (χ0v) is 9.06. The van der Waals surface area contributed by atoms with Crippen LogP contribution >= 0.6 is 15.9 Å². The summed E-state index contributed by atoms with van der Waals surface area (Å²) in [4.78, 5) is 11.4. The fourth-order valence-corrected chi connectivity index (χ4v) is 1.36. The smallest absolute Gasteiger partial charge is 0.180 e. The van der Waals surface area contributed by atoms with Crippen molar-refractivity contribution in [3.63, 3.8) is 0 Å². The van der Waals surface area contributed by atoms with Crippen molar-refractivity contribution < 1.29 is 14.3 Å². The van der Waals surface area contributed by atoms with Gasteiger partial charge in [0.1, 0.15) is 11.6 Å². The van der Waals surface area contributed by atoms with E-state index >= 15 is 0 Å². The summed E-state index contributed by atoms with van der Waals surface area (Å²) in [7, 11) is 1.62. The number of benzene rings is 1. The molecule has 2 N–H and O–H groups in total. The zero-order chi connectivity index (χ0) is 10.7. The van der Waals surface area contributed by atoms with Crippen molar-refractivity contribution in [2.45, 2.75) is 0 Å². The second-order valence-corrected chi connectivity index (χ2v) is 3.59. The van der Waals surface area contributed by atoms with E-state index in [1.807, 2.05) is 0 Å². The molecule has 0 aliphatic rings. The second-order valence-electron chi connectivity index (χ2n) is 2.74. The molecule has 0 spiro atoms. The predicted molar refractivity (Wildman–Crippen MR) is 54.0 cm³/mol. The van der Waals surface area contributed by atoms with E-state index in [4.69, 9.17) is 0 Å². The number of rotatable bonds is 3. The average Bonchev–Trinajstić information content (AvgIpc) is 2.11. The molecule has 0 radical (unpaired) electrons. The molecule has 1 rings (SSSR count). The topological polar surface area (TPSA) is 49.3 Å². The quantitative estimate of drug-likeness (QED) is 0.815. The highest BCUT2D eigenvalue weighted by atomic mass is 79.9. The first-order chi connectivity index (χ1) is 6.56. The van der Waals surface area contributed by atoms with Gasteiger partial charge in [0.05, 0.1) is 16.6 Å². The van der Waals surface area contributed by atoms with Crippen molar-refractivity contribution in [3.8, 4) is 5.75 Å². The first kappa shape index (κ1) is 11.1. The fraction of sp³-hybridized carbons (Fsp3) is 0.222. The average molecular weight is 262 g/mol. The number of phenols is 1. The van der Waals surface area contributed by atoms with Crippen LogP contribution in [0.15, 0.2) is 16.6 Å². The molecule has 76 valence electrons. The molecule has 5 heteroatoms. The third-order valence-corrected chi connectivity index (χ3v) is 2.28. The minimum absolute atomic E-state index is 0.103. The highest BCUT2D eigenvalue weighted by Gasteiger charge is 2.13. The Morgan fingerprint density at radius 2 is 2.29 bits per heavy atom. The van der Waals surface area contributed by atoms with Crippen LogP contribution in [0.3, 0.4) is 0 Å². The molecular formula is C9H9BrFNO2. The molecular weight excluding hydrogens is 253 g/mol. The lowest BCUT2D eigenvalue weighted by Gasteiger charge is -2.04. The molecule has 3 nitrogen and oxygen atoms in total. The van der Waals surface area contributed by atoms with Gasteiger partial charge in [-0.25, -0.2) is 4.39 Å². The molecule has 0 unspecified atom stereocenters. The number of nitrogens with one attached hydrogen (secondary N) is 1. The van der Waals surface area contributed by atoms with Crippen LogP contribution in [-0.2, 0) is 0 Å². The minimum Gasteiger partial charge on any atom is -0.507 e. The lowest BCUT2D eigenvalue weighted by Crippen LogP contribution is -2.18. The van der Waals surface area contributed by atoms with Crippen LogP contribution in [0.1, 0.15) is 10.4 Å². The normalized spacial score (nSPS) is 10.2. The van der Waals surface area contributed by atoms with Crippen LogP contribution in [-0.4, -0.2) is 24.5 Å². The third kappa shape index (κ3) is 2.30. The Hall–Kier alpha value is -0.940. The van der Waals surface area contributed by atoms with E-state index in [1.165, 1.54) is 6.07 Å². The Morgan fingerprint density at radius 1 is 1.64 bits per heavy atom. The molecule has 0 amide bonds. The number of Topliss-reactive ketones (excluding diaryl/α,β-unsaturated/α-hetero) is 1. The monoisotopic (exact) mass is 261 g/mol.